The number of amides is 1. The molecule has 10 nitrogen and oxygen atoms in total. The van der Waals surface area contributed by atoms with Gasteiger partial charge in [0.2, 0.25) is 10.0 Å². The molecule has 4 rings (SSSR count). The SMILES string of the molecule is Nc1cc(F)c(-c2cccc(S(N)(=O)=O)c2)nc1C(=O)Nc1cnccc1N1CCC[C@H](N)C1. The number of rotatable bonds is 5. The number of carbonyl (C=O) groups excluding carboxylic acids is 1. The number of pyridine rings is 2. The molecular weight excluding hydrogens is 461 g/mol. The first-order chi connectivity index (χ1) is 16.1. The number of nitrogens with two attached hydrogens (primary N) is 3. The van der Waals surface area contributed by atoms with E-state index in [0.29, 0.717) is 12.2 Å². The van der Waals surface area contributed by atoms with Crippen molar-refractivity contribution in [1.29, 1.82) is 0 Å². The molecule has 1 aliphatic heterocycles. The van der Waals surface area contributed by atoms with E-state index in [1.165, 1.54) is 30.5 Å². The molecule has 3 heterocycles. The van der Waals surface area contributed by atoms with E-state index in [0.717, 1.165) is 31.1 Å². The van der Waals surface area contributed by atoms with Crippen molar-refractivity contribution in [2.75, 3.05) is 29.0 Å². The highest BCUT2D eigenvalue weighted by atomic mass is 32.2. The van der Waals surface area contributed by atoms with E-state index in [2.05, 4.69) is 20.2 Å². The quantitative estimate of drug-likeness (QED) is 0.423. The van der Waals surface area contributed by atoms with Crippen LogP contribution in [0.1, 0.15) is 23.3 Å². The van der Waals surface area contributed by atoms with E-state index >= 15 is 0 Å². The lowest BCUT2D eigenvalue weighted by molar-refractivity contribution is 0.102. The molecule has 2 aromatic heterocycles. The Morgan fingerprint density at radius 2 is 2.03 bits per heavy atom. The predicted molar refractivity (Wildman–Crippen MR) is 127 cm³/mol. The van der Waals surface area contributed by atoms with Gasteiger partial charge in [-0.15, -0.1) is 0 Å². The van der Waals surface area contributed by atoms with Gasteiger partial charge in [0.05, 0.1) is 28.2 Å². The van der Waals surface area contributed by atoms with E-state index in [1.54, 1.807) is 12.3 Å². The van der Waals surface area contributed by atoms with Crippen molar-refractivity contribution in [3.63, 3.8) is 0 Å². The van der Waals surface area contributed by atoms with Gasteiger partial charge in [-0.3, -0.25) is 9.78 Å². The number of sulfonamides is 1. The Bertz CT molecular complexity index is 1350. The second-order valence-corrected chi connectivity index (χ2v) is 9.59. The maximum absolute atomic E-state index is 14.7. The highest BCUT2D eigenvalue weighted by Gasteiger charge is 2.23. The van der Waals surface area contributed by atoms with Crippen molar-refractivity contribution >= 4 is 33.0 Å². The van der Waals surface area contributed by atoms with Crippen LogP contribution in [0, 0.1) is 5.82 Å². The molecule has 1 atom stereocenters. The molecule has 1 fully saturated rings. The number of carbonyl (C=O) groups is 1. The summed E-state index contributed by atoms with van der Waals surface area (Å²) in [7, 11) is -4.02. The van der Waals surface area contributed by atoms with Gasteiger partial charge in [-0.1, -0.05) is 12.1 Å². The van der Waals surface area contributed by atoms with Crippen LogP contribution >= 0.6 is 0 Å². The summed E-state index contributed by atoms with van der Waals surface area (Å²) in [6, 6.07) is 8.08. The minimum Gasteiger partial charge on any atom is -0.397 e. The molecule has 0 spiro atoms. The van der Waals surface area contributed by atoms with Crippen LogP contribution in [0.2, 0.25) is 0 Å². The predicted octanol–water partition coefficient (Wildman–Crippen LogP) is 1.69. The fourth-order valence-corrected chi connectivity index (χ4v) is 4.44. The standard InChI is InChI=1S/C22H24FN7O3S/c23-16-10-17(25)21(29-20(16)13-3-1-5-15(9-13)34(26,32)33)22(31)28-18-11-27-7-6-19(18)30-8-2-4-14(24)12-30/h1,3,5-7,9-11,14H,2,4,8,12,24-25H2,(H,28,31)(H2,26,32,33)/t14-/m0/s1. The second-order valence-electron chi connectivity index (χ2n) is 8.02. The van der Waals surface area contributed by atoms with Gasteiger partial charge < -0.3 is 21.7 Å². The Kier molecular flexibility index (Phi) is 6.46. The summed E-state index contributed by atoms with van der Waals surface area (Å²) in [6.45, 7) is 1.41. The summed E-state index contributed by atoms with van der Waals surface area (Å²) in [5.74, 6) is -1.48. The minimum atomic E-state index is -4.02. The van der Waals surface area contributed by atoms with Crippen LogP contribution in [-0.4, -0.2) is 43.4 Å². The summed E-state index contributed by atoms with van der Waals surface area (Å²) >= 11 is 0. The van der Waals surface area contributed by atoms with E-state index < -0.39 is 21.7 Å². The topological polar surface area (TPSA) is 170 Å². The fourth-order valence-electron chi connectivity index (χ4n) is 3.88. The number of nitrogens with zero attached hydrogens (tertiary/aromatic N) is 3. The third-order valence-electron chi connectivity index (χ3n) is 5.50. The lowest BCUT2D eigenvalue weighted by atomic mass is 10.1. The molecule has 0 aliphatic carbocycles. The van der Waals surface area contributed by atoms with E-state index in [1.807, 2.05) is 0 Å². The molecule has 34 heavy (non-hydrogen) atoms. The van der Waals surface area contributed by atoms with Crippen molar-refractivity contribution in [3.8, 4) is 11.3 Å². The first-order valence-electron chi connectivity index (χ1n) is 10.5. The van der Waals surface area contributed by atoms with Crippen molar-refractivity contribution in [2.24, 2.45) is 10.9 Å². The van der Waals surface area contributed by atoms with Crippen molar-refractivity contribution in [2.45, 2.75) is 23.8 Å². The highest BCUT2D eigenvalue weighted by molar-refractivity contribution is 7.89. The van der Waals surface area contributed by atoms with Crippen molar-refractivity contribution in [1.82, 2.24) is 9.97 Å². The molecule has 1 aromatic carbocycles. The number of aromatic nitrogens is 2. The van der Waals surface area contributed by atoms with Gasteiger partial charge in [-0.25, -0.2) is 22.9 Å². The third kappa shape index (κ3) is 4.98. The number of anilines is 3. The number of hydrogen-bond acceptors (Lipinski definition) is 8. The van der Waals surface area contributed by atoms with Crippen LogP contribution in [0.5, 0.6) is 0 Å². The summed E-state index contributed by atoms with van der Waals surface area (Å²) in [4.78, 5) is 23.1. The summed E-state index contributed by atoms with van der Waals surface area (Å²) in [6.07, 6.45) is 4.97. The maximum atomic E-state index is 14.7. The number of primary sulfonamides is 1. The van der Waals surface area contributed by atoms with Crippen molar-refractivity contribution in [3.05, 3.63) is 60.3 Å². The Labute approximate surface area is 196 Å². The average molecular weight is 486 g/mol. The summed E-state index contributed by atoms with van der Waals surface area (Å²) in [5.41, 5.74) is 12.7. The first-order valence-corrected chi connectivity index (χ1v) is 12.0. The molecule has 1 saturated heterocycles. The van der Waals surface area contributed by atoms with Gasteiger partial charge in [0.15, 0.2) is 11.5 Å². The van der Waals surface area contributed by atoms with Gasteiger partial charge in [0.25, 0.3) is 5.91 Å². The smallest absolute Gasteiger partial charge is 0.276 e. The average Bonchev–Trinajstić information content (AvgIpc) is 2.79. The van der Waals surface area contributed by atoms with Crippen LogP contribution < -0.4 is 26.8 Å². The van der Waals surface area contributed by atoms with Gasteiger partial charge >= 0.3 is 0 Å². The molecule has 7 N–H and O–H groups in total. The van der Waals surface area contributed by atoms with E-state index in [9.17, 15) is 17.6 Å². The maximum Gasteiger partial charge on any atom is 0.276 e. The number of piperidine rings is 1. The van der Waals surface area contributed by atoms with Gasteiger partial charge in [-0.05, 0) is 31.0 Å². The molecule has 1 aliphatic rings. The number of nitrogen functional groups attached to an aromatic ring is 1. The Morgan fingerprint density at radius 3 is 2.76 bits per heavy atom. The van der Waals surface area contributed by atoms with E-state index in [-0.39, 0.29) is 33.6 Å². The summed E-state index contributed by atoms with van der Waals surface area (Å²) in [5, 5.41) is 7.92. The second kappa shape index (κ2) is 9.33. The molecule has 0 radical (unpaired) electrons. The Morgan fingerprint density at radius 1 is 1.24 bits per heavy atom. The molecule has 1 amide bonds. The van der Waals surface area contributed by atoms with Crippen LogP contribution in [0.4, 0.5) is 21.5 Å². The zero-order valence-electron chi connectivity index (χ0n) is 18.1. The Balaban J connectivity index is 1.67. The Hall–Kier alpha value is -3.61. The van der Waals surface area contributed by atoms with Crippen molar-refractivity contribution < 1.29 is 17.6 Å². The minimum absolute atomic E-state index is 0.0236. The molecule has 0 unspecified atom stereocenters. The number of benzene rings is 1. The normalized spacial score (nSPS) is 16.3. The molecular formula is C22H24FN7O3S. The summed E-state index contributed by atoms with van der Waals surface area (Å²) < 4.78 is 38.1. The number of halogens is 1. The molecule has 12 heteroatoms. The lowest BCUT2D eigenvalue weighted by Crippen LogP contribution is -2.43. The largest absolute Gasteiger partial charge is 0.397 e. The molecule has 178 valence electrons. The van der Waals surface area contributed by atoms with Crippen LogP contribution in [0.25, 0.3) is 11.3 Å². The monoisotopic (exact) mass is 485 g/mol. The van der Waals surface area contributed by atoms with Gasteiger partial charge in [0, 0.05) is 37.0 Å². The zero-order chi connectivity index (χ0) is 24.5. The first kappa shape index (κ1) is 23.5. The molecule has 0 bridgehead atoms. The number of hydrogen-bond donors (Lipinski definition) is 4. The lowest BCUT2D eigenvalue weighted by Gasteiger charge is -2.33. The zero-order valence-corrected chi connectivity index (χ0v) is 18.9. The van der Waals surface area contributed by atoms with Crippen LogP contribution in [0.15, 0.2) is 53.7 Å². The van der Waals surface area contributed by atoms with Gasteiger partial charge in [0.1, 0.15) is 5.69 Å². The van der Waals surface area contributed by atoms with Crippen LogP contribution in [-0.2, 0) is 10.0 Å². The third-order valence-corrected chi connectivity index (χ3v) is 6.41. The molecule has 3 aromatic rings. The van der Waals surface area contributed by atoms with E-state index in [4.69, 9.17) is 16.6 Å². The highest BCUT2D eigenvalue weighted by Crippen LogP contribution is 2.29. The molecule has 0 saturated carbocycles. The van der Waals surface area contributed by atoms with Gasteiger partial charge in [-0.2, -0.15) is 0 Å². The van der Waals surface area contributed by atoms with Crippen LogP contribution in [0.3, 0.4) is 0 Å². The fraction of sp³-hybridized carbons (Fsp3) is 0.227. The number of nitrogens with one attached hydrogen (secondary N) is 1.